The Kier molecular flexibility index (Phi) is 4.47. The van der Waals surface area contributed by atoms with Gasteiger partial charge in [0, 0.05) is 18.5 Å². The molecule has 2 nitrogen and oxygen atoms in total. The van der Waals surface area contributed by atoms with Crippen LogP contribution in [0.5, 0.6) is 0 Å². The van der Waals surface area contributed by atoms with Crippen LogP contribution in [0.1, 0.15) is 34.1 Å². The van der Waals surface area contributed by atoms with Crippen LogP contribution in [0.25, 0.3) is 0 Å². The van der Waals surface area contributed by atoms with E-state index in [9.17, 15) is 0 Å². The van der Waals surface area contributed by atoms with Gasteiger partial charge in [0.25, 0.3) is 0 Å². The topological polar surface area (TPSA) is 24.7 Å². The third-order valence-electron chi connectivity index (χ3n) is 1.92. The van der Waals surface area contributed by atoms with E-state index in [0.29, 0.717) is 12.1 Å². The predicted molar refractivity (Wildman–Crippen MR) is 68.0 cm³/mol. The lowest BCUT2D eigenvalue weighted by Gasteiger charge is -2.07. The molecule has 0 N–H and O–H groups in total. The van der Waals surface area contributed by atoms with Gasteiger partial charge in [-0.05, 0) is 33.8 Å². The van der Waals surface area contributed by atoms with E-state index in [0.717, 1.165) is 17.8 Å². The lowest BCUT2D eigenvalue weighted by Crippen LogP contribution is -2.15. The van der Waals surface area contributed by atoms with Crippen LogP contribution in [0, 0.1) is 0 Å². The summed E-state index contributed by atoms with van der Waals surface area (Å²) >= 11 is 0. The molecule has 15 heavy (non-hydrogen) atoms. The highest BCUT2D eigenvalue weighted by Crippen LogP contribution is 2.05. The second-order valence-electron chi connectivity index (χ2n) is 4.27. The Morgan fingerprint density at radius 1 is 1.00 bits per heavy atom. The number of hydrogen-bond acceptors (Lipinski definition) is 2. The fourth-order valence-electron chi connectivity index (χ4n) is 1.43. The van der Waals surface area contributed by atoms with Crippen LogP contribution in [0.3, 0.4) is 0 Å². The molecule has 1 aliphatic rings. The van der Waals surface area contributed by atoms with E-state index in [4.69, 9.17) is 0 Å². The Bertz CT molecular complexity index is 317. The molecule has 0 saturated carbocycles. The minimum atomic E-state index is 0.320. The fourth-order valence-corrected chi connectivity index (χ4v) is 1.43. The van der Waals surface area contributed by atoms with Gasteiger partial charge in [-0.1, -0.05) is 18.2 Å². The SMILES string of the molecule is CC(C)N=C1C=CC=CCC1=NC(C)C. The number of aliphatic imine (C=N–C) groups is 2. The minimum absolute atomic E-state index is 0.320. The van der Waals surface area contributed by atoms with E-state index in [1.165, 1.54) is 0 Å². The van der Waals surface area contributed by atoms with Crippen molar-refractivity contribution in [1.29, 1.82) is 0 Å². The summed E-state index contributed by atoms with van der Waals surface area (Å²) in [5.74, 6) is 0. The molecule has 1 rings (SSSR count). The smallest absolute Gasteiger partial charge is 0.0791 e. The van der Waals surface area contributed by atoms with Gasteiger partial charge in [0.05, 0.1) is 11.4 Å². The molecule has 0 saturated heterocycles. The van der Waals surface area contributed by atoms with E-state index in [-0.39, 0.29) is 0 Å². The first kappa shape index (κ1) is 11.9. The third kappa shape index (κ3) is 4.24. The molecule has 0 spiro atoms. The zero-order valence-electron chi connectivity index (χ0n) is 10.1. The summed E-state index contributed by atoms with van der Waals surface area (Å²) in [7, 11) is 0. The first-order chi connectivity index (χ1) is 7.09. The lowest BCUT2D eigenvalue weighted by molar-refractivity contribution is 0.828. The van der Waals surface area contributed by atoms with Gasteiger partial charge < -0.3 is 0 Å². The largest absolute Gasteiger partial charge is 0.284 e. The molecule has 0 heterocycles. The molecule has 0 aromatic carbocycles. The van der Waals surface area contributed by atoms with E-state index >= 15 is 0 Å². The Balaban J connectivity index is 2.98. The van der Waals surface area contributed by atoms with Gasteiger partial charge >= 0.3 is 0 Å². The second kappa shape index (κ2) is 5.64. The van der Waals surface area contributed by atoms with Gasteiger partial charge in [-0.15, -0.1) is 0 Å². The molecule has 0 aliphatic heterocycles. The van der Waals surface area contributed by atoms with Crippen molar-refractivity contribution in [2.75, 3.05) is 0 Å². The molecule has 2 heteroatoms. The highest BCUT2D eigenvalue weighted by atomic mass is 14.8. The average molecular weight is 204 g/mol. The third-order valence-corrected chi connectivity index (χ3v) is 1.92. The van der Waals surface area contributed by atoms with Crippen molar-refractivity contribution in [2.45, 2.75) is 46.2 Å². The zero-order valence-corrected chi connectivity index (χ0v) is 10.1. The standard InChI is InChI=1S/C13H20N2/c1-10(2)14-12-8-6-5-7-9-13(12)15-11(3)4/h5-8,10-11H,9H2,1-4H3. The monoisotopic (exact) mass is 204 g/mol. The summed E-state index contributed by atoms with van der Waals surface area (Å²) in [4.78, 5) is 9.20. The van der Waals surface area contributed by atoms with Crippen LogP contribution in [-0.4, -0.2) is 23.5 Å². The number of allylic oxidation sites excluding steroid dienone is 4. The summed E-state index contributed by atoms with van der Waals surface area (Å²) in [5.41, 5.74) is 2.13. The van der Waals surface area contributed by atoms with Gasteiger partial charge in [-0.2, -0.15) is 0 Å². The van der Waals surface area contributed by atoms with Crippen molar-refractivity contribution >= 4 is 11.4 Å². The van der Waals surface area contributed by atoms with Crippen LogP contribution in [0.15, 0.2) is 34.3 Å². The normalized spacial score (nSPS) is 22.0. The number of hydrogen-bond donors (Lipinski definition) is 0. The second-order valence-corrected chi connectivity index (χ2v) is 4.27. The molecule has 0 aromatic heterocycles. The molecule has 0 atom stereocenters. The molecule has 0 fully saturated rings. The van der Waals surface area contributed by atoms with Crippen LogP contribution >= 0.6 is 0 Å². The summed E-state index contributed by atoms with van der Waals surface area (Å²) in [5, 5.41) is 0. The van der Waals surface area contributed by atoms with Crippen molar-refractivity contribution in [3.05, 3.63) is 24.3 Å². The van der Waals surface area contributed by atoms with Gasteiger partial charge in [0.1, 0.15) is 0 Å². The fraction of sp³-hybridized carbons (Fsp3) is 0.538. The summed E-state index contributed by atoms with van der Waals surface area (Å²) < 4.78 is 0. The Hall–Kier alpha value is -1.18. The Labute approximate surface area is 92.5 Å². The maximum Gasteiger partial charge on any atom is 0.0791 e. The van der Waals surface area contributed by atoms with Crippen LogP contribution in [0.2, 0.25) is 0 Å². The maximum absolute atomic E-state index is 4.61. The molecular weight excluding hydrogens is 184 g/mol. The van der Waals surface area contributed by atoms with Crippen molar-refractivity contribution in [3.8, 4) is 0 Å². The maximum atomic E-state index is 4.61. The predicted octanol–water partition coefficient (Wildman–Crippen LogP) is 3.20. The molecule has 82 valence electrons. The van der Waals surface area contributed by atoms with Gasteiger partial charge in [-0.3, -0.25) is 9.98 Å². The number of rotatable bonds is 2. The van der Waals surface area contributed by atoms with Gasteiger partial charge in [-0.25, -0.2) is 0 Å². The van der Waals surface area contributed by atoms with Crippen molar-refractivity contribution in [3.63, 3.8) is 0 Å². The summed E-state index contributed by atoms with van der Waals surface area (Å²) in [6.45, 7) is 8.37. The molecule has 0 unspecified atom stereocenters. The molecular formula is C13H20N2. The highest BCUT2D eigenvalue weighted by Gasteiger charge is 2.07. The van der Waals surface area contributed by atoms with Crippen LogP contribution in [0.4, 0.5) is 0 Å². The minimum Gasteiger partial charge on any atom is -0.284 e. The number of nitrogens with zero attached hydrogens (tertiary/aromatic N) is 2. The van der Waals surface area contributed by atoms with Gasteiger partial charge in [0.2, 0.25) is 0 Å². The molecule has 0 radical (unpaired) electrons. The first-order valence-electron chi connectivity index (χ1n) is 5.57. The molecule has 1 aliphatic carbocycles. The van der Waals surface area contributed by atoms with Crippen molar-refractivity contribution in [2.24, 2.45) is 9.98 Å². The van der Waals surface area contributed by atoms with E-state index in [1.807, 2.05) is 12.2 Å². The molecule has 0 bridgehead atoms. The lowest BCUT2D eigenvalue weighted by atomic mass is 10.1. The van der Waals surface area contributed by atoms with Crippen molar-refractivity contribution in [1.82, 2.24) is 0 Å². The molecule has 0 aromatic rings. The highest BCUT2D eigenvalue weighted by molar-refractivity contribution is 6.47. The Morgan fingerprint density at radius 3 is 2.27 bits per heavy atom. The average Bonchev–Trinajstić information content (AvgIpc) is 2.30. The van der Waals surface area contributed by atoms with Crippen LogP contribution in [-0.2, 0) is 0 Å². The molecule has 0 amide bonds. The van der Waals surface area contributed by atoms with E-state index in [2.05, 4.69) is 49.8 Å². The van der Waals surface area contributed by atoms with Crippen molar-refractivity contribution < 1.29 is 0 Å². The Morgan fingerprint density at radius 2 is 1.67 bits per heavy atom. The summed E-state index contributed by atoms with van der Waals surface area (Å²) in [6, 6.07) is 0.650. The van der Waals surface area contributed by atoms with E-state index < -0.39 is 0 Å². The zero-order chi connectivity index (χ0) is 11.3. The first-order valence-corrected chi connectivity index (χ1v) is 5.57. The van der Waals surface area contributed by atoms with Gasteiger partial charge in [0.15, 0.2) is 0 Å². The quantitative estimate of drug-likeness (QED) is 0.660. The van der Waals surface area contributed by atoms with E-state index in [1.54, 1.807) is 0 Å². The summed E-state index contributed by atoms with van der Waals surface area (Å²) in [6.07, 6.45) is 9.14. The van der Waals surface area contributed by atoms with Crippen LogP contribution < -0.4 is 0 Å².